The molecule has 28 heavy (non-hydrogen) atoms. The lowest BCUT2D eigenvalue weighted by Gasteiger charge is -2.11. The molecule has 0 aliphatic heterocycles. The molecule has 7 heteroatoms. The number of carbonyl (C=O) groups is 1. The second kappa shape index (κ2) is 9.85. The Bertz CT molecular complexity index is 877. The van der Waals surface area contributed by atoms with Crippen molar-refractivity contribution < 1.29 is 14.6 Å². The van der Waals surface area contributed by atoms with Crippen molar-refractivity contribution >= 4 is 34.7 Å². The molecule has 0 saturated heterocycles. The number of rotatable bonds is 7. The number of anilines is 1. The Hall–Kier alpha value is -2.93. The van der Waals surface area contributed by atoms with Crippen molar-refractivity contribution in [2.75, 3.05) is 12.4 Å². The van der Waals surface area contributed by atoms with Crippen LogP contribution in [0.2, 0.25) is 0 Å². The highest BCUT2D eigenvalue weighted by Crippen LogP contribution is 2.21. The van der Waals surface area contributed by atoms with Gasteiger partial charge >= 0.3 is 5.97 Å². The molecule has 0 amide bonds. The van der Waals surface area contributed by atoms with E-state index in [0.29, 0.717) is 28.1 Å². The number of aliphatic carboxylic acids is 1. The van der Waals surface area contributed by atoms with Crippen molar-refractivity contribution in [1.82, 2.24) is 5.43 Å². The molecular weight excluding hydrogens is 374 g/mol. The molecular formula is C21H25N3O3S. The summed E-state index contributed by atoms with van der Waals surface area (Å²) in [6.07, 6.45) is -0.121. The summed E-state index contributed by atoms with van der Waals surface area (Å²) in [5.74, 6) is 0.0906. The molecule has 148 valence electrons. The van der Waals surface area contributed by atoms with Crippen LogP contribution in [0.5, 0.6) is 5.75 Å². The van der Waals surface area contributed by atoms with Gasteiger partial charge in [0.05, 0.1) is 19.2 Å². The van der Waals surface area contributed by atoms with Crippen molar-refractivity contribution in [3.05, 3.63) is 59.2 Å². The summed E-state index contributed by atoms with van der Waals surface area (Å²) < 4.78 is 5.22. The second-order valence-electron chi connectivity index (χ2n) is 6.64. The van der Waals surface area contributed by atoms with E-state index in [1.54, 1.807) is 12.1 Å². The lowest BCUT2D eigenvalue weighted by atomic mass is 10.0. The van der Waals surface area contributed by atoms with Gasteiger partial charge in [-0.2, -0.15) is 5.10 Å². The summed E-state index contributed by atoms with van der Waals surface area (Å²) >= 11 is 5.28. The quantitative estimate of drug-likeness (QED) is 0.368. The topological polar surface area (TPSA) is 83.0 Å². The largest absolute Gasteiger partial charge is 0.496 e. The first-order valence-corrected chi connectivity index (χ1v) is 9.31. The number of nitrogens with one attached hydrogen (secondary N) is 2. The third kappa shape index (κ3) is 6.06. The monoisotopic (exact) mass is 399 g/mol. The molecule has 0 aliphatic rings. The predicted octanol–water partition coefficient (Wildman–Crippen LogP) is 4.16. The molecule has 2 rings (SSSR count). The number of hydrazone groups is 1. The standard InChI is InChI=1S/C21H25N3O3S/c1-13(2)15-5-8-18(9-6-15)22-21(28)24-23-14(3)16-7-10-19(27-4)17(11-16)12-20(25)26/h5-11,13H,12H2,1-4H3,(H,25,26)(H2,22,24,28)/b23-14-. The lowest BCUT2D eigenvalue weighted by Crippen LogP contribution is -2.25. The molecule has 2 aromatic rings. The Kier molecular flexibility index (Phi) is 7.52. The van der Waals surface area contributed by atoms with Gasteiger partial charge < -0.3 is 15.2 Å². The highest BCUT2D eigenvalue weighted by molar-refractivity contribution is 7.80. The van der Waals surface area contributed by atoms with Crippen molar-refractivity contribution in [2.24, 2.45) is 5.10 Å². The number of thiocarbonyl (C=S) groups is 1. The molecule has 0 bridgehead atoms. The molecule has 0 saturated carbocycles. The van der Waals surface area contributed by atoms with Crippen LogP contribution in [0.25, 0.3) is 0 Å². The molecule has 3 N–H and O–H groups in total. The van der Waals surface area contributed by atoms with Crippen molar-refractivity contribution in [2.45, 2.75) is 33.1 Å². The van der Waals surface area contributed by atoms with E-state index in [1.807, 2.05) is 25.1 Å². The first kappa shape index (κ1) is 21.4. The zero-order valence-electron chi connectivity index (χ0n) is 16.4. The van der Waals surface area contributed by atoms with E-state index in [-0.39, 0.29) is 6.42 Å². The van der Waals surface area contributed by atoms with Gasteiger partial charge in [-0.3, -0.25) is 10.2 Å². The molecule has 0 spiro atoms. The summed E-state index contributed by atoms with van der Waals surface area (Å²) in [6.45, 7) is 6.11. The summed E-state index contributed by atoms with van der Waals surface area (Å²) in [6, 6.07) is 13.4. The van der Waals surface area contributed by atoms with E-state index in [1.165, 1.54) is 12.7 Å². The third-order valence-corrected chi connectivity index (χ3v) is 4.39. The highest BCUT2D eigenvalue weighted by Gasteiger charge is 2.10. The molecule has 0 atom stereocenters. The maximum atomic E-state index is 11.0. The van der Waals surface area contributed by atoms with Crippen LogP contribution in [0.3, 0.4) is 0 Å². The Morgan fingerprint density at radius 2 is 1.89 bits per heavy atom. The Labute approximate surface area is 170 Å². The summed E-state index contributed by atoms with van der Waals surface area (Å²) in [4.78, 5) is 11.0. The van der Waals surface area contributed by atoms with E-state index >= 15 is 0 Å². The van der Waals surface area contributed by atoms with E-state index in [9.17, 15) is 4.79 Å². The Morgan fingerprint density at radius 3 is 2.46 bits per heavy atom. The van der Waals surface area contributed by atoms with Gasteiger partial charge in [-0.1, -0.05) is 26.0 Å². The minimum atomic E-state index is -0.919. The normalized spacial score (nSPS) is 11.2. The van der Waals surface area contributed by atoms with Gasteiger partial charge in [-0.05, 0) is 66.5 Å². The average molecular weight is 400 g/mol. The number of ether oxygens (including phenoxy) is 1. The number of hydrogen-bond acceptors (Lipinski definition) is 4. The molecule has 0 unspecified atom stereocenters. The molecule has 0 radical (unpaired) electrons. The Balaban J connectivity index is 2.04. The van der Waals surface area contributed by atoms with Crippen LogP contribution in [-0.4, -0.2) is 29.0 Å². The fraction of sp³-hybridized carbons (Fsp3) is 0.286. The maximum Gasteiger partial charge on any atom is 0.307 e. The fourth-order valence-corrected chi connectivity index (χ4v) is 2.78. The van der Waals surface area contributed by atoms with Crippen LogP contribution >= 0.6 is 12.2 Å². The van der Waals surface area contributed by atoms with Crippen LogP contribution in [-0.2, 0) is 11.2 Å². The van der Waals surface area contributed by atoms with E-state index in [4.69, 9.17) is 22.1 Å². The number of carboxylic acids is 1. The number of carboxylic acid groups (broad SMARTS) is 1. The first-order chi connectivity index (χ1) is 13.3. The van der Waals surface area contributed by atoms with Gasteiger partial charge in [0, 0.05) is 11.3 Å². The molecule has 2 aromatic carbocycles. The second-order valence-corrected chi connectivity index (χ2v) is 7.05. The number of methoxy groups -OCH3 is 1. The number of hydrogen-bond donors (Lipinski definition) is 3. The number of nitrogens with zero attached hydrogens (tertiary/aromatic N) is 1. The zero-order chi connectivity index (χ0) is 20.7. The summed E-state index contributed by atoms with van der Waals surface area (Å²) in [5.41, 5.74) is 7.00. The fourth-order valence-electron chi connectivity index (χ4n) is 2.61. The summed E-state index contributed by atoms with van der Waals surface area (Å²) in [7, 11) is 1.51. The smallest absolute Gasteiger partial charge is 0.307 e. The van der Waals surface area contributed by atoms with Gasteiger partial charge in [-0.15, -0.1) is 0 Å². The van der Waals surface area contributed by atoms with Crippen molar-refractivity contribution in [3.8, 4) is 5.75 Å². The van der Waals surface area contributed by atoms with E-state index in [2.05, 4.69) is 41.8 Å². The van der Waals surface area contributed by atoms with Crippen LogP contribution < -0.4 is 15.5 Å². The summed E-state index contributed by atoms with van der Waals surface area (Å²) in [5, 5.41) is 16.8. The minimum absolute atomic E-state index is 0.121. The molecule has 0 heterocycles. The SMILES string of the molecule is COc1ccc(/C(C)=N\NC(=S)Nc2ccc(C(C)C)cc2)cc1CC(=O)O. The Morgan fingerprint density at radius 1 is 1.21 bits per heavy atom. The van der Waals surface area contributed by atoms with Crippen molar-refractivity contribution in [1.29, 1.82) is 0 Å². The van der Waals surface area contributed by atoms with Gasteiger partial charge in [0.2, 0.25) is 0 Å². The van der Waals surface area contributed by atoms with E-state index in [0.717, 1.165) is 11.3 Å². The van der Waals surface area contributed by atoms with Gasteiger partial charge in [0.1, 0.15) is 5.75 Å². The van der Waals surface area contributed by atoms with Crippen molar-refractivity contribution in [3.63, 3.8) is 0 Å². The van der Waals surface area contributed by atoms with Crippen LogP contribution in [0.4, 0.5) is 5.69 Å². The van der Waals surface area contributed by atoms with Crippen LogP contribution in [0.15, 0.2) is 47.6 Å². The highest BCUT2D eigenvalue weighted by atomic mass is 32.1. The number of benzene rings is 2. The molecule has 0 aliphatic carbocycles. The average Bonchev–Trinajstić information content (AvgIpc) is 2.66. The predicted molar refractivity (Wildman–Crippen MR) is 116 cm³/mol. The molecule has 0 fully saturated rings. The minimum Gasteiger partial charge on any atom is -0.496 e. The molecule has 6 nitrogen and oxygen atoms in total. The van der Waals surface area contributed by atoms with Gasteiger partial charge in [0.25, 0.3) is 0 Å². The van der Waals surface area contributed by atoms with Gasteiger partial charge in [-0.25, -0.2) is 0 Å². The first-order valence-electron chi connectivity index (χ1n) is 8.90. The third-order valence-electron chi connectivity index (χ3n) is 4.20. The molecule has 0 aromatic heterocycles. The zero-order valence-corrected chi connectivity index (χ0v) is 17.3. The van der Waals surface area contributed by atoms with Gasteiger partial charge in [0.15, 0.2) is 5.11 Å². The van der Waals surface area contributed by atoms with Crippen LogP contribution in [0, 0.1) is 0 Å². The van der Waals surface area contributed by atoms with Crippen LogP contribution in [0.1, 0.15) is 43.4 Å². The van der Waals surface area contributed by atoms with E-state index < -0.39 is 5.97 Å². The maximum absolute atomic E-state index is 11.0. The lowest BCUT2D eigenvalue weighted by molar-refractivity contribution is -0.136.